The van der Waals surface area contributed by atoms with Gasteiger partial charge in [0, 0.05) is 34.8 Å². The molecule has 0 aliphatic carbocycles. The van der Waals surface area contributed by atoms with Crippen molar-refractivity contribution in [3.8, 4) is 11.5 Å². The van der Waals surface area contributed by atoms with E-state index in [9.17, 15) is 13.2 Å². The van der Waals surface area contributed by atoms with Crippen molar-refractivity contribution >= 4 is 44.8 Å². The second kappa shape index (κ2) is 11.8. The molecule has 0 aromatic heterocycles. The number of rotatable bonds is 10. The first-order valence-corrected chi connectivity index (χ1v) is 12.9. The molecule has 3 rings (SSSR count). The lowest BCUT2D eigenvalue weighted by atomic mass is 10.0. The summed E-state index contributed by atoms with van der Waals surface area (Å²) in [6.45, 7) is 1.38. The van der Waals surface area contributed by atoms with E-state index in [1.54, 1.807) is 31.2 Å². The van der Waals surface area contributed by atoms with Crippen molar-refractivity contribution in [2.24, 2.45) is 0 Å². The van der Waals surface area contributed by atoms with Crippen LogP contribution in [0.15, 0.2) is 65.6 Å². The fourth-order valence-corrected chi connectivity index (χ4v) is 5.34. The molecule has 0 spiro atoms. The van der Waals surface area contributed by atoms with E-state index in [0.29, 0.717) is 27.9 Å². The van der Waals surface area contributed by atoms with Crippen molar-refractivity contribution in [3.05, 3.63) is 81.8 Å². The van der Waals surface area contributed by atoms with E-state index >= 15 is 0 Å². The predicted molar refractivity (Wildman–Crippen MR) is 138 cm³/mol. The first-order chi connectivity index (χ1) is 16.7. The minimum atomic E-state index is -3.97. The van der Waals surface area contributed by atoms with Gasteiger partial charge in [-0.15, -0.1) is 0 Å². The van der Waals surface area contributed by atoms with Crippen LogP contribution in [0, 0.1) is 0 Å². The molecule has 3 aromatic carbocycles. The van der Waals surface area contributed by atoms with E-state index in [-0.39, 0.29) is 23.7 Å². The third-order valence-electron chi connectivity index (χ3n) is 5.35. The number of nitrogens with one attached hydrogen (secondary N) is 1. The minimum Gasteiger partial charge on any atom is -0.493 e. The number of benzene rings is 3. The predicted octanol–water partition coefficient (Wildman–Crippen LogP) is 5.25. The zero-order valence-corrected chi connectivity index (χ0v) is 21.9. The molecule has 3 aromatic rings. The molecule has 0 atom stereocenters. The van der Waals surface area contributed by atoms with Gasteiger partial charge in [-0.1, -0.05) is 48.3 Å². The Morgan fingerprint density at radius 3 is 2.31 bits per heavy atom. The van der Waals surface area contributed by atoms with E-state index < -0.39 is 15.9 Å². The Morgan fingerprint density at radius 2 is 1.66 bits per heavy atom. The molecule has 1 N–H and O–H groups in total. The maximum Gasteiger partial charge on any atom is 0.243 e. The number of nitrogens with zero attached hydrogens (tertiary/aromatic N) is 1. The van der Waals surface area contributed by atoms with Crippen LogP contribution in [-0.4, -0.2) is 45.9 Å². The van der Waals surface area contributed by atoms with Gasteiger partial charge < -0.3 is 14.8 Å². The number of amides is 1. The Bertz CT molecular complexity index is 1310. The van der Waals surface area contributed by atoms with Crippen LogP contribution in [0.5, 0.6) is 11.5 Å². The molecule has 0 radical (unpaired) electrons. The molecule has 0 unspecified atom stereocenters. The second-order valence-electron chi connectivity index (χ2n) is 7.57. The van der Waals surface area contributed by atoms with Gasteiger partial charge in [0.25, 0.3) is 0 Å². The number of likely N-dealkylation sites (N-methyl/N-ethyl adjacent to an activating group) is 1. The molecule has 0 fully saturated rings. The van der Waals surface area contributed by atoms with Gasteiger partial charge in [-0.05, 0) is 47.5 Å². The second-order valence-corrected chi connectivity index (χ2v) is 10.3. The number of carbonyl (C=O) groups is 1. The van der Waals surface area contributed by atoms with Crippen LogP contribution in [0.3, 0.4) is 0 Å². The molecule has 0 bridgehead atoms. The number of methoxy groups -OCH3 is 2. The lowest BCUT2D eigenvalue weighted by molar-refractivity contribution is -0.116. The number of sulfonamides is 1. The number of hydrogen-bond acceptors (Lipinski definition) is 5. The Balaban J connectivity index is 1.81. The maximum absolute atomic E-state index is 13.2. The van der Waals surface area contributed by atoms with Gasteiger partial charge in [-0.2, -0.15) is 4.31 Å². The zero-order chi connectivity index (χ0) is 25.6. The molecule has 186 valence electrons. The van der Waals surface area contributed by atoms with E-state index in [1.165, 1.54) is 32.4 Å². The summed E-state index contributed by atoms with van der Waals surface area (Å²) in [5.41, 5.74) is 2.15. The van der Waals surface area contributed by atoms with Crippen LogP contribution in [0.2, 0.25) is 10.0 Å². The molecule has 7 nitrogen and oxygen atoms in total. The van der Waals surface area contributed by atoms with Gasteiger partial charge in [-0.3, -0.25) is 4.79 Å². The number of carbonyl (C=O) groups excluding carboxylic acids is 1. The zero-order valence-electron chi connectivity index (χ0n) is 19.5. The summed E-state index contributed by atoms with van der Waals surface area (Å²) in [6.07, 6.45) is 0.442. The van der Waals surface area contributed by atoms with Gasteiger partial charge in [0.1, 0.15) is 0 Å². The normalized spacial score (nSPS) is 11.4. The topological polar surface area (TPSA) is 84.9 Å². The summed E-state index contributed by atoms with van der Waals surface area (Å²) in [6, 6.07) is 16.8. The van der Waals surface area contributed by atoms with Gasteiger partial charge >= 0.3 is 0 Å². The van der Waals surface area contributed by atoms with Crippen molar-refractivity contribution in [2.75, 3.05) is 32.6 Å². The summed E-state index contributed by atoms with van der Waals surface area (Å²) >= 11 is 12.5. The first kappa shape index (κ1) is 26.8. The number of anilines is 1. The summed E-state index contributed by atoms with van der Waals surface area (Å²) in [5.74, 6) is 0.194. The van der Waals surface area contributed by atoms with E-state index in [1.807, 2.05) is 18.2 Å². The average Bonchev–Trinajstić information content (AvgIpc) is 2.84. The lowest BCUT2D eigenvalue weighted by Gasteiger charge is -2.21. The fraction of sp³-hybridized carbons (Fsp3) is 0.240. The highest BCUT2D eigenvalue weighted by atomic mass is 35.5. The standard InChI is InChI=1S/C25H26Cl2N2O5S/c1-4-29(35(31,32)20-10-12-23(33-2)24(15-20)34-3)16-25(30)28-22-11-9-19(26)14-18(22)13-17-7-5-6-8-21(17)27/h5-12,14-15H,4,13,16H2,1-3H3,(H,28,30). The van der Waals surface area contributed by atoms with Crippen LogP contribution in [0.25, 0.3) is 0 Å². The summed E-state index contributed by atoms with van der Waals surface area (Å²) in [5, 5.41) is 3.93. The van der Waals surface area contributed by atoms with Gasteiger partial charge in [-0.25, -0.2) is 8.42 Å². The Hall–Kier alpha value is -2.78. The van der Waals surface area contributed by atoms with E-state index in [4.69, 9.17) is 32.7 Å². The molecule has 0 aliphatic rings. The Labute approximate surface area is 215 Å². The third kappa shape index (κ3) is 6.46. The van der Waals surface area contributed by atoms with Gasteiger partial charge in [0.15, 0.2) is 11.5 Å². The smallest absolute Gasteiger partial charge is 0.243 e. The van der Waals surface area contributed by atoms with Crippen molar-refractivity contribution in [2.45, 2.75) is 18.2 Å². The van der Waals surface area contributed by atoms with Gasteiger partial charge in [0.2, 0.25) is 15.9 Å². The highest BCUT2D eigenvalue weighted by Gasteiger charge is 2.27. The van der Waals surface area contributed by atoms with Gasteiger partial charge in [0.05, 0.1) is 25.7 Å². The molecule has 0 aliphatic heterocycles. The quantitative estimate of drug-likeness (QED) is 0.382. The highest BCUT2D eigenvalue weighted by Crippen LogP contribution is 2.31. The molecular formula is C25H26Cl2N2O5S. The minimum absolute atomic E-state index is 0.00398. The molecular weight excluding hydrogens is 511 g/mol. The number of ether oxygens (including phenoxy) is 2. The maximum atomic E-state index is 13.2. The van der Waals surface area contributed by atoms with Crippen LogP contribution in [0.1, 0.15) is 18.1 Å². The van der Waals surface area contributed by atoms with Crippen molar-refractivity contribution in [1.82, 2.24) is 4.31 Å². The van der Waals surface area contributed by atoms with Crippen LogP contribution < -0.4 is 14.8 Å². The molecule has 35 heavy (non-hydrogen) atoms. The molecule has 0 saturated heterocycles. The van der Waals surface area contributed by atoms with Crippen LogP contribution in [-0.2, 0) is 21.2 Å². The van der Waals surface area contributed by atoms with E-state index in [0.717, 1.165) is 15.4 Å². The largest absolute Gasteiger partial charge is 0.493 e. The molecule has 1 amide bonds. The summed E-state index contributed by atoms with van der Waals surface area (Å²) < 4.78 is 37.9. The lowest BCUT2D eigenvalue weighted by Crippen LogP contribution is -2.38. The van der Waals surface area contributed by atoms with Crippen LogP contribution in [0.4, 0.5) is 5.69 Å². The monoisotopic (exact) mass is 536 g/mol. The fourth-order valence-electron chi connectivity index (χ4n) is 3.52. The summed E-state index contributed by atoms with van der Waals surface area (Å²) in [4.78, 5) is 12.9. The van der Waals surface area contributed by atoms with Crippen molar-refractivity contribution in [1.29, 1.82) is 0 Å². The molecule has 0 heterocycles. The van der Waals surface area contributed by atoms with Crippen molar-refractivity contribution < 1.29 is 22.7 Å². The SMILES string of the molecule is CCN(CC(=O)Nc1ccc(Cl)cc1Cc1ccccc1Cl)S(=O)(=O)c1ccc(OC)c(OC)c1. The third-order valence-corrected chi connectivity index (χ3v) is 7.87. The van der Waals surface area contributed by atoms with Crippen LogP contribution >= 0.6 is 23.2 Å². The molecule has 0 saturated carbocycles. The first-order valence-electron chi connectivity index (χ1n) is 10.7. The van der Waals surface area contributed by atoms with E-state index in [2.05, 4.69) is 5.32 Å². The Morgan fingerprint density at radius 1 is 0.943 bits per heavy atom. The number of halogens is 2. The van der Waals surface area contributed by atoms with Crippen molar-refractivity contribution in [3.63, 3.8) is 0 Å². The molecule has 10 heteroatoms. The average molecular weight is 537 g/mol. The Kier molecular flexibility index (Phi) is 9.02. The highest BCUT2D eigenvalue weighted by molar-refractivity contribution is 7.89. The summed E-state index contributed by atoms with van der Waals surface area (Å²) in [7, 11) is -1.08. The number of hydrogen-bond donors (Lipinski definition) is 1.